The number of carbonyl (C=O) groups excluding carboxylic acids is 1. The molecule has 0 spiro atoms. The molecule has 0 aromatic heterocycles. The van der Waals surface area contributed by atoms with Gasteiger partial charge in [0.15, 0.2) is 11.6 Å². The molecule has 1 aliphatic rings. The molecule has 1 heterocycles. The van der Waals surface area contributed by atoms with Gasteiger partial charge in [0.1, 0.15) is 12.7 Å². The number of aliphatic hydroxyl groups is 1. The van der Waals surface area contributed by atoms with E-state index in [1.807, 2.05) is 0 Å². The maximum Gasteiger partial charge on any atom is 0.219 e. The summed E-state index contributed by atoms with van der Waals surface area (Å²) in [6.07, 6.45) is -0.687. The Balaban J connectivity index is 1.72. The van der Waals surface area contributed by atoms with Crippen LogP contribution in [-0.2, 0) is 4.79 Å². The monoisotopic (exact) mass is 296 g/mol. The van der Waals surface area contributed by atoms with Crippen LogP contribution < -0.4 is 4.74 Å². The summed E-state index contributed by atoms with van der Waals surface area (Å²) in [5, 5.41) is 9.96. The Labute approximate surface area is 123 Å². The van der Waals surface area contributed by atoms with Crippen LogP contribution in [-0.4, -0.2) is 66.2 Å². The summed E-state index contributed by atoms with van der Waals surface area (Å²) < 4.78 is 18.6. The van der Waals surface area contributed by atoms with E-state index in [0.717, 1.165) is 13.1 Å². The van der Waals surface area contributed by atoms with Crippen LogP contribution in [0.4, 0.5) is 4.39 Å². The van der Waals surface area contributed by atoms with Crippen molar-refractivity contribution >= 4 is 5.91 Å². The van der Waals surface area contributed by atoms with Gasteiger partial charge in [-0.25, -0.2) is 4.39 Å². The highest BCUT2D eigenvalue weighted by molar-refractivity contribution is 5.73. The lowest BCUT2D eigenvalue weighted by Gasteiger charge is -2.35. The van der Waals surface area contributed by atoms with Gasteiger partial charge in [-0.2, -0.15) is 0 Å². The van der Waals surface area contributed by atoms with Crippen molar-refractivity contribution in [3.63, 3.8) is 0 Å². The minimum absolute atomic E-state index is 0.0495. The largest absolute Gasteiger partial charge is 0.488 e. The van der Waals surface area contributed by atoms with Crippen LogP contribution >= 0.6 is 0 Å². The Morgan fingerprint density at radius 3 is 2.62 bits per heavy atom. The lowest BCUT2D eigenvalue weighted by molar-refractivity contribution is -0.130. The van der Waals surface area contributed by atoms with E-state index in [4.69, 9.17) is 4.74 Å². The first-order chi connectivity index (χ1) is 10.1. The highest BCUT2D eigenvalue weighted by Crippen LogP contribution is 2.15. The first kappa shape index (κ1) is 15.7. The van der Waals surface area contributed by atoms with E-state index in [1.165, 1.54) is 12.1 Å². The maximum absolute atomic E-state index is 13.4. The number of ether oxygens (including phenoxy) is 1. The molecule has 0 unspecified atom stereocenters. The number of rotatable bonds is 5. The normalized spacial score (nSPS) is 17.6. The van der Waals surface area contributed by atoms with Crippen LogP contribution in [0.25, 0.3) is 0 Å². The zero-order valence-electron chi connectivity index (χ0n) is 12.2. The van der Waals surface area contributed by atoms with Gasteiger partial charge in [-0.3, -0.25) is 9.69 Å². The maximum atomic E-state index is 13.4. The summed E-state index contributed by atoms with van der Waals surface area (Å²) in [6.45, 7) is 4.89. The smallest absolute Gasteiger partial charge is 0.219 e. The third-order valence-corrected chi connectivity index (χ3v) is 3.55. The molecule has 1 saturated heterocycles. The number of carbonyl (C=O) groups is 1. The molecule has 1 aromatic carbocycles. The van der Waals surface area contributed by atoms with E-state index in [1.54, 1.807) is 24.0 Å². The van der Waals surface area contributed by atoms with Crippen molar-refractivity contribution in [2.45, 2.75) is 13.0 Å². The second-order valence-electron chi connectivity index (χ2n) is 5.20. The number of aliphatic hydroxyl groups excluding tert-OH is 1. The molecule has 0 radical (unpaired) electrons. The van der Waals surface area contributed by atoms with Crippen molar-refractivity contribution in [3.8, 4) is 5.75 Å². The zero-order chi connectivity index (χ0) is 15.2. The first-order valence-electron chi connectivity index (χ1n) is 7.09. The van der Waals surface area contributed by atoms with Crippen molar-refractivity contribution in [2.75, 3.05) is 39.3 Å². The molecule has 116 valence electrons. The predicted octanol–water partition coefficient (Wildman–Crippen LogP) is 0.729. The highest BCUT2D eigenvalue weighted by atomic mass is 19.1. The average molecular weight is 296 g/mol. The fourth-order valence-electron chi connectivity index (χ4n) is 2.34. The number of hydrogen-bond acceptors (Lipinski definition) is 4. The molecule has 1 N–H and O–H groups in total. The van der Waals surface area contributed by atoms with E-state index >= 15 is 0 Å². The molecule has 0 aliphatic carbocycles. The number of β-amino-alcohol motifs (C(OH)–C–C–N with tert-alkyl or cyclic N) is 1. The summed E-state index contributed by atoms with van der Waals surface area (Å²) in [7, 11) is 0. The van der Waals surface area contributed by atoms with Gasteiger partial charge in [0, 0.05) is 39.6 Å². The summed E-state index contributed by atoms with van der Waals surface area (Å²) >= 11 is 0. The Morgan fingerprint density at radius 2 is 2.00 bits per heavy atom. The van der Waals surface area contributed by atoms with E-state index in [9.17, 15) is 14.3 Å². The quantitative estimate of drug-likeness (QED) is 0.870. The average Bonchev–Trinajstić information content (AvgIpc) is 2.47. The third-order valence-electron chi connectivity index (χ3n) is 3.55. The van der Waals surface area contributed by atoms with Crippen LogP contribution in [0.3, 0.4) is 0 Å². The van der Waals surface area contributed by atoms with Gasteiger partial charge in [0.2, 0.25) is 5.91 Å². The van der Waals surface area contributed by atoms with Gasteiger partial charge in [-0.15, -0.1) is 0 Å². The molecule has 21 heavy (non-hydrogen) atoms. The molecule has 1 aliphatic heterocycles. The number of benzene rings is 1. The van der Waals surface area contributed by atoms with Crippen molar-refractivity contribution in [1.82, 2.24) is 9.80 Å². The van der Waals surface area contributed by atoms with E-state index < -0.39 is 11.9 Å². The summed E-state index contributed by atoms with van der Waals surface area (Å²) in [5.41, 5.74) is 0. The van der Waals surface area contributed by atoms with Gasteiger partial charge in [0.25, 0.3) is 0 Å². The van der Waals surface area contributed by atoms with Crippen molar-refractivity contribution in [1.29, 1.82) is 0 Å². The van der Waals surface area contributed by atoms with Gasteiger partial charge in [-0.1, -0.05) is 12.1 Å². The molecular formula is C15H21FN2O3. The van der Waals surface area contributed by atoms with E-state index in [-0.39, 0.29) is 18.3 Å². The SMILES string of the molecule is CC(=O)N1CCN(C[C@@H](O)COc2ccccc2F)CC1. The summed E-state index contributed by atoms with van der Waals surface area (Å²) in [6, 6.07) is 6.13. The van der Waals surface area contributed by atoms with Gasteiger partial charge in [0.05, 0.1) is 0 Å². The molecule has 0 saturated carbocycles. The number of para-hydroxylation sites is 1. The summed E-state index contributed by atoms with van der Waals surface area (Å²) in [4.78, 5) is 15.1. The predicted molar refractivity (Wildman–Crippen MR) is 76.6 cm³/mol. The standard InChI is InChI=1S/C15H21FN2O3/c1-12(19)18-8-6-17(7-9-18)10-13(20)11-21-15-5-3-2-4-14(15)16/h2-5,13,20H,6-11H2,1H3/t13-/m1/s1. The Hall–Kier alpha value is -1.66. The lowest BCUT2D eigenvalue weighted by Crippen LogP contribution is -2.50. The van der Waals surface area contributed by atoms with Crippen LogP contribution in [0, 0.1) is 5.82 Å². The molecule has 2 rings (SSSR count). The number of piperazine rings is 1. The van der Waals surface area contributed by atoms with Gasteiger partial charge >= 0.3 is 0 Å². The number of amides is 1. The van der Waals surface area contributed by atoms with Crippen LogP contribution in [0.5, 0.6) is 5.75 Å². The fourth-order valence-corrected chi connectivity index (χ4v) is 2.34. The molecule has 1 aromatic rings. The Morgan fingerprint density at radius 1 is 1.33 bits per heavy atom. The first-order valence-corrected chi connectivity index (χ1v) is 7.09. The van der Waals surface area contributed by atoms with E-state index in [2.05, 4.69) is 4.90 Å². The topological polar surface area (TPSA) is 53.0 Å². The van der Waals surface area contributed by atoms with Crippen LogP contribution in [0.15, 0.2) is 24.3 Å². The minimum Gasteiger partial charge on any atom is -0.488 e. The minimum atomic E-state index is -0.687. The van der Waals surface area contributed by atoms with Crippen LogP contribution in [0.2, 0.25) is 0 Å². The van der Waals surface area contributed by atoms with Crippen molar-refractivity contribution < 1.29 is 19.0 Å². The van der Waals surface area contributed by atoms with Gasteiger partial charge < -0.3 is 14.7 Å². The molecule has 1 fully saturated rings. The van der Waals surface area contributed by atoms with Gasteiger partial charge in [-0.05, 0) is 12.1 Å². The highest BCUT2D eigenvalue weighted by Gasteiger charge is 2.20. The Bertz CT molecular complexity index is 476. The number of halogens is 1. The lowest BCUT2D eigenvalue weighted by atomic mass is 10.2. The zero-order valence-corrected chi connectivity index (χ0v) is 12.2. The molecule has 0 bridgehead atoms. The second kappa shape index (κ2) is 7.38. The third kappa shape index (κ3) is 4.68. The molecular weight excluding hydrogens is 275 g/mol. The molecule has 6 heteroatoms. The van der Waals surface area contributed by atoms with Crippen LogP contribution in [0.1, 0.15) is 6.92 Å². The molecule has 5 nitrogen and oxygen atoms in total. The number of nitrogens with zero attached hydrogens (tertiary/aromatic N) is 2. The van der Waals surface area contributed by atoms with Crippen molar-refractivity contribution in [2.24, 2.45) is 0 Å². The fraction of sp³-hybridized carbons (Fsp3) is 0.533. The molecule has 1 atom stereocenters. The summed E-state index contributed by atoms with van der Waals surface area (Å²) in [5.74, 6) is -0.198. The number of hydrogen-bond donors (Lipinski definition) is 1. The molecule has 1 amide bonds. The van der Waals surface area contributed by atoms with E-state index in [0.29, 0.717) is 19.6 Å². The van der Waals surface area contributed by atoms with Crippen molar-refractivity contribution in [3.05, 3.63) is 30.1 Å². The Kier molecular flexibility index (Phi) is 5.52. The second-order valence-corrected chi connectivity index (χ2v) is 5.20.